The Kier molecular flexibility index (Phi) is 5.40. The minimum Gasteiger partial charge on any atom is -0.489 e. The van der Waals surface area contributed by atoms with Crippen LogP contribution in [-0.2, 0) is 6.61 Å². The monoisotopic (exact) mass is 283 g/mol. The molecule has 0 aliphatic heterocycles. The largest absolute Gasteiger partial charge is 0.489 e. The second-order valence-electron chi connectivity index (χ2n) is 5.54. The fourth-order valence-electron chi connectivity index (χ4n) is 2.47. The molecule has 2 aromatic rings. The molecule has 2 aromatic carbocycles. The quantitative estimate of drug-likeness (QED) is 0.839. The van der Waals surface area contributed by atoms with Gasteiger partial charge in [0.2, 0.25) is 0 Å². The van der Waals surface area contributed by atoms with Crippen molar-refractivity contribution in [3.8, 4) is 5.75 Å². The topological polar surface area (TPSA) is 21.3 Å². The number of hydrogen-bond acceptors (Lipinski definition) is 2. The van der Waals surface area contributed by atoms with E-state index in [2.05, 4.69) is 75.5 Å². The zero-order chi connectivity index (χ0) is 15.2. The van der Waals surface area contributed by atoms with E-state index < -0.39 is 0 Å². The molecule has 2 rings (SSSR count). The molecular formula is C19H25NO. The Morgan fingerprint density at radius 1 is 1.10 bits per heavy atom. The average molecular weight is 283 g/mol. The van der Waals surface area contributed by atoms with Gasteiger partial charge in [0.1, 0.15) is 12.4 Å². The lowest BCUT2D eigenvalue weighted by molar-refractivity contribution is 0.299. The van der Waals surface area contributed by atoms with Gasteiger partial charge in [0.25, 0.3) is 0 Å². The number of aryl methyl sites for hydroxylation is 2. The van der Waals surface area contributed by atoms with Crippen molar-refractivity contribution in [1.29, 1.82) is 0 Å². The molecule has 0 aromatic heterocycles. The summed E-state index contributed by atoms with van der Waals surface area (Å²) in [5.74, 6) is 0.978. The Morgan fingerprint density at radius 2 is 1.86 bits per heavy atom. The summed E-state index contributed by atoms with van der Waals surface area (Å²) in [6.45, 7) is 10.1. The highest BCUT2D eigenvalue weighted by atomic mass is 16.5. The van der Waals surface area contributed by atoms with Crippen molar-refractivity contribution in [3.63, 3.8) is 0 Å². The van der Waals surface area contributed by atoms with E-state index in [9.17, 15) is 0 Å². The Morgan fingerprint density at radius 3 is 2.57 bits per heavy atom. The maximum absolute atomic E-state index is 6.11. The second kappa shape index (κ2) is 7.28. The smallest absolute Gasteiger partial charge is 0.124 e. The molecule has 21 heavy (non-hydrogen) atoms. The number of benzene rings is 2. The van der Waals surface area contributed by atoms with Crippen molar-refractivity contribution in [2.45, 2.75) is 40.3 Å². The third kappa shape index (κ3) is 4.08. The Labute approximate surface area is 128 Å². The van der Waals surface area contributed by atoms with Gasteiger partial charge in [-0.1, -0.05) is 43.3 Å². The first-order valence-corrected chi connectivity index (χ1v) is 7.63. The first-order chi connectivity index (χ1) is 10.1. The standard InChI is InChI=1S/C19H25NO/c1-5-20-16(4)18-11-10-14(2)12-19(18)21-13-17-9-7-6-8-15(17)3/h6-12,16,20H,5,13H2,1-4H3. The fourth-order valence-corrected chi connectivity index (χ4v) is 2.47. The van der Waals surface area contributed by atoms with Gasteiger partial charge in [0.05, 0.1) is 0 Å². The molecule has 0 saturated carbocycles. The van der Waals surface area contributed by atoms with Gasteiger partial charge < -0.3 is 10.1 Å². The Bertz CT molecular complexity index is 592. The van der Waals surface area contributed by atoms with Crippen LogP contribution in [0.5, 0.6) is 5.75 Å². The minimum atomic E-state index is 0.294. The van der Waals surface area contributed by atoms with Gasteiger partial charge >= 0.3 is 0 Å². The molecule has 2 nitrogen and oxygen atoms in total. The van der Waals surface area contributed by atoms with Crippen molar-refractivity contribution in [2.75, 3.05) is 6.54 Å². The summed E-state index contributed by atoms with van der Waals surface area (Å²) < 4.78 is 6.11. The molecule has 0 heterocycles. The molecule has 0 aliphatic rings. The van der Waals surface area contributed by atoms with E-state index in [0.29, 0.717) is 12.6 Å². The van der Waals surface area contributed by atoms with Crippen LogP contribution >= 0.6 is 0 Å². The van der Waals surface area contributed by atoms with Gasteiger partial charge in [-0.25, -0.2) is 0 Å². The summed E-state index contributed by atoms with van der Waals surface area (Å²) in [4.78, 5) is 0. The summed E-state index contributed by atoms with van der Waals surface area (Å²) in [7, 11) is 0. The molecule has 1 atom stereocenters. The van der Waals surface area contributed by atoms with Crippen molar-refractivity contribution in [2.24, 2.45) is 0 Å². The summed E-state index contributed by atoms with van der Waals surface area (Å²) >= 11 is 0. The summed E-state index contributed by atoms with van der Waals surface area (Å²) in [6.07, 6.45) is 0. The van der Waals surface area contributed by atoms with Gasteiger partial charge in [0, 0.05) is 11.6 Å². The fraction of sp³-hybridized carbons (Fsp3) is 0.368. The molecule has 0 radical (unpaired) electrons. The molecule has 2 heteroatoms. The molecule has 0 amide bonds. The predicted octanol–water partition coefficient (Wildman–Crippen LogP) is 4.55. The van der Waals surface area contributed by atoms with Crippen LogP contribution in [0, 0.1) is 13.8 Å². The molecule has 1 unspecified atom stereocenters. The summed E-state index contributed by atoms with van der Waals surface area (Å²) in [6, 6.07) is 15.1. The highest BCUT2D eigenvalue weighted by molar-refractivity contribution is 5.39. The Balaban J connectivity index is 2.18. The molecule has 0 bridgehead atoms. The van der Waals surface area contributed by atoms with E-state index in [1.165, 1.54) is 22.3 Å². The molecule has 0 aliphatic carbocycles. The molecule has 0 spiro atoms. The number of ether oxygens (including phenoxy) is 1. The number of rotatable bonds is 6. The average Bonchev–Trinajstić information content (AvgIpc) is 2.46. The molecule has 0 saturated heterocycles. The zero-order valence-electron chi connectivity index (χ0n) is 13.4. The third-order valence-corrected chi connectivity index (χ3v) is 3.79. The highest BCUT2D eigenvalue weighted by Gasteiger charge is 2.11. The summed E-state index contributed by atoms with van der Waals surface area (Å²) in [5.41, 5.74) is 4.95. The van der Waals surface area contributed by atoms with Gasteiger partial charge in [0.15, 0.2) is 0 Å². The van der Waals surface area contributed by atoms with Gasteiger partial charge in [-0.05, 0) is 50.1 Å². The first kappa shape index (κ1) is 15.6. The van der Waals surface area contributed by atoms with Crippen LogP contribution in [0.4, 0.5) is 0 Å². The number of nitrogens with one attached hydrogen (secondary N) is 1. The van der Waals surface area contributed by atoms with E-state index in [-0.39, 0.29) is 0 Å². The van der Waals surface area contributed by atoms with Crippen LogP contribution in [0.2, 0.25) is 0 Å². The second-order valence-corrected chi connectivity index (χ2v) is 5.54. The van der Waals surface area contributed by atoms with Crippen molar-refractivity contribution in [1.82, 2.24) is 5.32 Å². The van der Waals surface area contributed by atoms with Crippen molar-refractivity contribution < 1.29 is 4.74 Å². The van der Waals surface area contributed by atoms with Gasteiger partial charge in [-0.15, -0.1) is 0 Å². The van der Waals surface area contributed by atoms with E-state index in [1.54, 1.807) is 0 Å². The van der Waals surface area contributed by atoms with E-state index >= 15 is 0 Å². The van der Waals surface area contributed by atoms with Crippen molar-refractivity contribution >= 4 is 0 Å². The molecular weight excluding hydrogens is 258 g/mol. The maximum Gasteiger partial charge on any atom is 0.124 e. The van der Waals surface area contributed by atoms with Crippen molar-refractivity contribution in [3.05, 3.63) is 64.7 Å². The first-order valence-electron chi connectivity index (χ1n) is 7.63. The van der Waals surface area contributed by atoms with Crippen LogP contribution in [-0.4, -0.2) is 6.54 Å². The molecule has 0 fully saturated rings. The van der Waals surface area contributed by atoms with Crippen LogP contribution < -0.4 is 10.1 Å². The number of hydrogen-bond donors (Lipinski definition) is 1. The third-order valence-electron chi connectivity index (χ3n) is 3.79. The van der Waals surface area contributed by atoms with E-state index in [4.69, 9.17) is 4.74 Å². The Hall–Kier alpha value is -1.80. The van der Waals surface area contributed by atoms with Crippen LogP contribution in [0.15, 0.2) is 42.5 Å². The van der Waals surface area contributed by atoms with E-state index in [0.717, 1.165) is 12.3 Å². The van der Waals surface area contributed by atoms with E-state index in [1.807, 2.05) is 0 Å². The minimum absolute atomic E-state index is 0.294. The lowest BCUT2D eigenvalue weighted by Crippen LogP contribution is -2.18. The van der Waals surface area contributed by atoms with Gasteiger partial charge in [-0.3, -0.25) is 0 Å². The van der Waals surface area contributed by atoms with Crippen LogP contribution in [0.25, 0.3) is 0 Å². The van der Waals surface area contributed by atoms with Crippen LogP contribution in [0.3, 0.4) is 0 Å². The maximum atomic E-state index is 6.11. The normalized spacial score (nSPS) is 12.2. The molecule has 1 N–H and O–H groups in total. The molecule has 112 valence electrons. The lowest BCUT2D eigenvalue weighted by atomic mass is 10.0. The summed E-state index contributed by atoms with van der Waals surface area (Å²) in [5, 5.41) is 3.45. The lowest BCUT2D eigenvalue weighted by Gasteiger charge is -2.19. The zero-order valence-corrected chi connectivity index (χ0v) is 13.4. The SMILES string of the molecule is CCNC(C)c1ccc(C)cc1OCc1ccccc1C. The van der Waals surface area contributed by atoms with Crippen LogP contribution in [0.1, 0.15) is 42.1 Å². The van der Waals surface area contributed by atoms with Gasteiger partial charge in [-0.2, -0.15) is 0 Å². The highest BCUT2D eigenvalue weighted by Crippen LogP contribution is 2.27. The predicted molar refractivity (Wildman–Crippen MR) is 88.8 cm³/mol.